The van der Waals surface area contributed by atoms with Crippen LogP contribution in [0, 0.1) is 5.92 Å². The average molecular weight is 556 g/mol. The zero-order valence-electron chi connectivity index (χ0n) is 20.5. The van der Waals surface area contributed by atoms with Crippen molar-refractivity contribution in [2.45, 2.75) is 47.7 Å². The van der Waals surface area contributed by atoms with Crippen molar-refractivity contribution in [3.05, 3.63) is 47.0 Å². The van der Waals surface area contributed by atoms with E-state index >= 15 is 0 Å². The Bertz CT molecular complexity index is 1140. The predicted octanol–water partition coefficient (Wildman–Crippen LogP) is 4.33. The molecule has 0 aliphatic carbocycles. The summed E-state index contributed by atoms with van der Waals surface area (Å²) in [5.41, 5.74) is 14.1. The highest BCUT2D eigenvalue weighted by Crippen LogP contribution is 2.47. The number of nitrogens with two attached hydrogens (primary N) is 2. The van der Waals surface area contributed by atoms with Crippen molar-refractivity contribution in [1.82, 2.24) is 4.90 Å². The molecule has 5 N–H and O–H groups in total. The van der Waals surface area contributed by atoms with Crippen LogP contribution in [-0.4, -0.2) is 56.1 Å². The minimum atomic E-state index is -4.42. The lowest BCUT2D eigenvalue weighted by molar-refractivity contribution is -0.137. The molecular weight excluding hydrogens is 523 g/mol. The van der Waals surface area contributed by atoms with Crippen LogP contribution in [0.3, 0.4) is 0 Å². The fourth-order valence-corrected chi connectivity index (χ4v) is 6.61. The van der Waals surface area contributed by atoms with E-state index in [0.29, 0.717) is 30.1 Å². The molecule has 5 rings (SSSR count). The number of benzene rings is 2. The van der Waals surface area contributed by atoms with Gasteiger partial charge in [0.1, 0.15) is 0 Å². The summed E-state index contributed by atoms with van der Waals surface area (Å²) in [4.78, 5) is 17.6. The first-order valence-electron chi connectivity index (χ1n) is 12.5. The second-order valence-electron chi connectivity index (χ2n) is 9.95. The molecule has 0 aromatic heterocycles. The lowest BCUT2D eigenvalue weighted by atomic mass is 9.98. The molecule has 3 heterocycles. The normalized spacial score (nSPS) is 20.2. The lowest BCUT2D eigenvalue weighted by Crippen LogP contribution is -2.41. The zero-order chi connectivity index (χ0) is 25.4. The largest absolute Gasteiger partial charge is 0.416 e. The molecule has 2 saturated heterocycles. The van der Waals surface area contributed by atoms with E-state index in [9.17, 15) is 18.0 Å². The van der Waals surface area contributed by atoms with Crippen molar-refractivity contribution < 1.29 is 18.0 Å². The van der Waals surface area contributed by atoms with Crippen LogP contribution in [0.2, 0.25) is 0 Å². The highest BCUT2D eigenvalue weighted by molar-refractivity contribution is 7.99. The molecule has 202 valence electrons. The van der Waals surface area contributed by atoms with E-state index in [1.165, 1.54) is 23.9 Å². The van der Waals surface area contributed by atoms with E-state index < -0.39 is 11.7 Å². The van der Waals surface area contributed by atoms with E-state index in [4.69, 9.17) is 11.5 Å². The molecule has 11 heteroatoms. The van der Waals surface area contributed by atoms with Crippen LogP contribution in [0.4, 0.5) is 24.5 Å². The Hall–Kier alpha value is -2.14. The number of halogens is 4. The number of rotatable bonds is 6. The summed E-state index contributed by atoms with van der Waals surface area (Å²) in [6.07, 6.45) is -1.37. The standard InChI is InChI=1S/C26H32F3N5OS.ClH/c27-26(28,29)18-12-22(32-19-4-7-33(8-5-19)10-6-30)21-11-16-1-2-20(14-23(16)36-24(21)13-18)34-9-3-17(15-34)25(31)35;/h1-2,12-14,17,19,32H,3-11,15,30H2,(H2,31,35);1H. The quantitative estimate of drug-likeness (QED) is 0.420. The molecule has 1 atom stereocenters. The number of nitrogens with zero attached hydrogens (tertiary/aromatic N) is 2. The molecular formula is C26H33ClF3N5OS. The topological polar surface area (TPSA) is 87.6 Å². The van der Waals surface area contributed by atoms with Gasteiger partial charge in [-0.05, 0) is 54.7 Å². The smallest absolute Gasteiger partial charge is 0.382 e. The third-order valence-corrected chi connectivity index (χ3v) is 8.71. The first-order chi connectivity index (χ1) is 17.2. The molecule has 2 aromatic rings. The number of fused-ring (bicyclic) bond motifs is 2. The van der Waals surface area contributed by atoms with Crippen molar-refractivity contribution in [3.63, 3.8) is 0 Å². The Kier molecular flexibility index (Phi) is 8.52. The van der Waals surface area contributed by atoms with Crippen molar-refractivity contribution in [2.24, 2.45) is 17.4 Å². The van der Waals surface area contributed by atoms with Gasteiger partial charge < -0.3 is 26.6 Å². The third kappa shape index (κ3) is 6.13. The second-order valence-corrected chi connectivity index (χ2v) is 11.0. The summed E-state index contributed by atoms with van der Waals surface area (Å²) < 4.78 is 41.5. The van der Waals surface area contributed by atoms with Gasteiger partial charge in [-0.1, -0.05) is 17.8 Å². The second kappa shape index (κ2) is 11.3. The van der Waals surface area contributed by atoms with Crippen LogP contribution >= 0.6 is 24.2 Å². The summed E-state index contributed by atoms with van der Waals surface area (Å²) in [5.74, 6) is -0.455. The van der Waals surface area contributed by atoms with Crippen LogP contribution in [-0.2, 0) is 17.4 Å². The monoisotopic (exact) mass is 555 g/mol. The molecule has 3 aliphatic heterocycles. The van der Waals surface area contributed by atoms with Crippen molar-refractivity contribution in [3.8, 4) is 0 Å². The number of piperidine rings is 1. The van der Waals surface area contributed by atoms with Gasteiger partial charge in [0, 0.05) is 72.9 Å². The minimum absolute atomic E-state index is 0. The van der Waals surface area contributed by atoms with Crippen molar-refractivity contribution in [1.29, 1.82) is 0 Å². The minimum Gasteiger partial charge on any atom is -0.382 e. The number of carbonyl (C=O) groups excluding carboxylic acids is 1. The van der Waals surface area contributed by atoms with Gasteiger partial charge in [0.25, 0.3) is 0 Å². The van der Waals surface area contributed by atoms with E-state index in [0.717, 1.165) is 67.2 Å². The van der Waals surface area contributed by atoms with Gasteiger partial charge in [-0.2, -0.15) is 13.2 Å². The van der Waals surface area contributed by atoms with Crippen LogP contribution in [0.5, 0.6) is 0 Å². The summed E-state index contributed by atoms with van der Waals surface area (Å²) in [5, 5.41) is 3.46. The molecule has 1 unspecified atom stereocenters. The zero-order valence-corrected chi connectivity index (χ0v) is 22.2. The first-order valence-corrected chi connectivity index (χ1v) is 13.3. The maximum atomic E-state index is 13.8. The van der Waals surface area contributed by atoms with Gasteiger partial charge >= 0.3 is 6.18 Å². The number of primary amides is 1. The number of nitrogens with one attached hydrogen (secondary N) is 1. The van der Waals surface area contributed by atoms with Crippen molar-refractivity contribution in [2.75, 3.05) is 49.5 Å². The van der Waals surface area contributed by atoms with Crippen LogP contribution in [0.25, 0.3) is 0 Å². The number of hydrogen-bond acceptors (Lipinski definition) is 6. The Balaban J connectivity index is 0.00000320. The maximum Gasteiger partial charge on any atom is 0.416 e. The molecule has 0 bridgehead atoms. The number of alkyl halides is 3. The Morgan fingerprint density at radius 3 is 2.49 bits per heavy atom. The predicted molar refractivity (Wildman–Crippen MR) is 144 cm³/mol. The number of hydrogen-bond donors (Lipinski definition) is 3. The molecule has 0 radical (unpaired) electrons. The van der Waals surface area contributed by atoms with Gasteiger partial charge in [-0.3, -0.25) is 4.79 Å². The Morgan fingerprint density at radius 1 is 1.08 bits per heavy atom. The third-order valence-electron chi connectivity index (χ3n) is 7.52. The molecule has 6 nitrogen and oxygen atoms in total. The van der Waals surface area contributed by atoms with E-state index in [-0.39, 0.29) is 30.3 Å². The summed E-state index contributed by atoms with van der Waals surface area (Å²) in [6.45, 7) is 4.56. The summed E-state index contributed by atoms with van der Waals surface area (Å²) >= 11 is 1.40. The maximum absolute atomic E-state index is 13.8. The fraction of sp³-hybridized carbons (Fsp3) is 0.500. The van der Waals surface area contributed by atoms with Crippen LogP contribution < -0.4 is 21.7 Å². The van der Waals surface area contributed by atoms with Crippen LogP contribution in [0.1, 0.15) is 36.0 Å². The SMILES string of the molecule is Cl.NCCN1CCC(Nc2cc(C(F)(F)F)cc3c2Cc2ccc(N4CCC(C(N)=O)C4)cc2S3)CC1. The highest BCUT2D eigenvalue weighted by atomic mass is 35.5. The van der Waals surface area contributed by atoms with Gasteiger partial charge in [0.05, 0.1) is 11.5 Å². The van der Waals surface area contributed by atoms with E-state index in [2.05, 4.69) is 21.2 Å². The first kappa shape index (κ1) is 27.9. The molecule has 2 fully saturated rings. The van der Waals surface area contributed by atoms with Crippen molar-refractivity contribution >= 4 is 41.5 Å². The highest BCUT2D eigenvalue weighted by Gasteiger charge is 2.34. The summed E-state index contributed by atoms with van der Waals surface area (Å²) in [6, 6.07) is 8.83. The Labute approximate surface area is 225 Å². The Morgan fingerprint density at radius 2 is 1.84 bits per heavy atom. The van der Waals surface area contributed by atoms with E-state index in [1.54, 1.807) is 0 Å². The summed E-state index contributed by atoms with van der Waals surface area (Å²) in [7, 11) is 0. The van der Waals surface area contributed by atoms with Gasteiger partial charge in [0.2, 0.25) is 5.91 Å². The lowest BCUT2D eigenvalue weighted by Gasteiger charge is -2.34. The van der Waals surface area contributed by atoms with E-state index in [1.807, 2.05) is 12.1 Å². The molecule has 3 aliphatic rings. The average Bonchev–Trinajstić information content (AvgIpc) is 3.34. The fourth-order valence-electron chi connectivity index (χ4n) is 5.43. The molecule has 0 spiro atoms. The molecule has 37 heavy (non-hydrogen) atoms. The van der Waals surface area contributed by atoms with Gasteiger partial charge in [-0.25, -0.2) is 0 Å². The molecule has 2 aromatic carbocycles. The molecule has 1 amide bonds. The van der Waals surface area contributed by atoms with Gasteiger partial charge in [-0.15, -0.1) is 12.4 Å². The number of likely N-dealkylation sites (tertiary alicyclic amines) is 1. The molecule has 0 saturated carbocycles. The van der Waals surface area contributed by atoms with Gasteiger partial charge in [0.15, 0.2) is 0 Å². The number of amides is 1. The van der Waals surface area contributed by atoms with Crippen LogP contribution in [0.15, 0.2) is 40.1 Å². The number of carbonyl (C=O) groups is 1. The number of anilines is 2.